The summed E-state index contributed by atoms with van der Waals surface area (Å²) in [6.45, 7) is 1.66. The van der Waals surface area contributed by atoms with E-state index in [0.717, 1.165) is 17.8 Å². The van der Waals surface area contributed by atoms with E-state index < -0.39 is 9.84 Å². The van der Waals surface area contributed by atoms with Gasteiger partial charge in [-0.1, -0.05) is 17.7 Å². The molecule has 0 amide bonds. The van der Waals surface area contributed by atoms with Crippen LogP contribution in [0.15, 0.2) is 18.2 Å². The average molecular weight is 289 g/mol. The van der Waals surface area contributed by atoms with Crippen LogP contribution in [-0.2, 0) is 16.4 Å². The zero-order chi connectivity index (χ0) is 13.2. The number of nitrogens with two attached hydrogens (primary N) is 1. The van der Waals surface area contributed by atoms with Gasteiger partial charge in [-0.2, -0.15) is 0 Å². The first-order chi connectivity index (χ1) is 8.52. The van der Waals surface area contributed by atoms with E-state index in [1.54, 1.807) is 0 Å². The normalized spacial score (nSPS) is 19.6. The lowest BCUT2D eigenvalue weighted by Crippen LogP contribution is -2.28. The minimum atomic E-state index is -2.90. The highest BCUT2D eigenvalue weighted by Crippen LogP contribution is 2.26. The molecule has 0 unspecified atom stereocenters. The Morgan fingerprint density at radius 2 is 2.06 bits per heavy atom. The maximum absolute atomic E-state index is 11.6. The Hall–Kier alpha value is -0.780. The minimum absolute atomic E-state index is 0.198. The van der Waals surface area contributed by atoms with Crippen LogP contribution in [0.3, 0.4) is 0 Å². The molecule has 1 aliphatic rings. The van der Waals surface area contributed by atoms with Crippen molar-refractivity contribution in [2.75, 3.05) is 29.5 Å². The van der Waals surface area contributed by atoms with Crippen LogP contribution < -0.4 is 10.6 Å². The molecule has 0 atom stereocenters. The standard InChI is InChI=1S/C12H17ClN2O2S/c13-11-3-2-10(9-14)12(8-11)15-4-1-6-18(16,17)7-5-15/h2-3,8H,1,4-7,9,14H2. The summed E-state index contributed by atoms with van der Waals surface area (Å²) in [6.07, 6.45) is 0.652. The van der Waals surface area contributed by atoms with Crippen LogP contribution in [0, 0.1) is 0 Å². The van der Waals surface area contributed by atoms with Crippen molar-refractivity contribution in [1.29, 1.82) is 0 Å². The number of benzene rings is 1. The molecule has 0 saturated carbocycles. The van der Waals surface area contributed by atoms with Gasteiger partial charge in [0.2, 0.25) is 0 Å². The molecule has 2 N–H and O–H groups in total. The molecule has 6 heteroatoms. The van der Waals surface area contributed by atoms with Crippen molar-refractivity contribution in [3.8, 4) is 0 Å². The summed E-state index contributed by atoms with van der Waals surface area (Å²) in [4.78, 5) is 2.07. The third-order valence-corrected chi connectivity index (χ3v) is 5.11. The van der Waals surface area contributed by atoms with E-state index in [1.165, 1.54) is 0 Å². The summed E-state index contributed by atoms with van der Waals surface area (Å²) in [5.74, 6) is 0.464. The van der Waals surface area contributed by atoms with Crippen molar-refractivity contribution in [2.24, 2.45) is 5.73 Å². The monoisotopic (exact) mass is 288 g/mol. The molecule has 1 aliphatic heterocycles. The van der Waals surface area contributed by atoms with Crippen LogP contribution in [-0.4, -0.2) is 33.0 Å². The summed E-state index contributed by atoms with van der Waals surface area (Å²) in [6, 6.07) is 5.57. The Bertz CT molecular complexity index is 531. The average Bonchev–Trinajstić information content (AvgIpc) is 2.50. The summed E-state index contributed by atoms with van der Waals surface area (Å²) in [5.41, 5.74) is 7.67. The smallest absolute Gasteiger partial charge is 0.152 e. The molecule has 0 aliphatic carbocycles. The third kappa shape index (κ3) is 3.16. The van der Waals surface area contributed by atoms with Gasteiger partial charge in [-0.15, -0.1) is 0 Å². The van der Waals surface area contributed by atoms with Crippen LogP contribution in [0.2, 0.25) is 5.02 Å². The molecule has 1 aromatic carbocycles. The second-order valence-corrected chi connectivity index (χ2v) is 7.21. The van der Waals surface area contributed by atoms with E-state index in [-0.39, 0.29) is 11.5 Å². The van der Waals surface area contributed by atoms with Crippen molar-refractivity contribution in [3.05, 3.63) is 28.8 Å². The first-order valence-electron chi connectivity index (χ1n) is 5.96. The van der Waals surface area contributed by atoms with Gasteiger partial charge in [0.1, 0.15) is 0 Å². The maximum Gasteiger partial charge on any atom is 0.152 e. The molecular formula is C12H17ClN2O2S. The molecule has 0 aromatic heterocycles. The van der Waals surface area contributed by atoms with Gasteiger partial charge in [0.25, 0.3) is 0 Å². The summed E-state index contributed by atoms with van der Waals surface area (Å²) >= 11 is 6.00. The van der Waals surface area contributed by atoms with E-state index in [9.17, 15) is 8.42 Å². The number of anilines is 1. The molecule has 18 heavy (non-hydrogen) atoms. The van der Waals surface area contributed by atoms with Crippen molar-refractivity contribution >= 4 is 27.1 Å². The van der Waals surface area contributed by atoms with Gasteiger partial charge in [0.15, 0.2) is 9.84 Å². The number of nitrogens with zero attached hydrogens (tertiary/aromatic N) is 1. The second kappa shape index (κ2) is 5.47. The van der Waals surface area contributed by atoms with Gasteiger partial charge in [-0.3, -0.25) is 0 Å². The number of rotatable bonds is 2. The molecule has 1 aromatic rings. The zero-order valence-electron chi connectivity index (χ0n) is 10.1. The van der Waals surface area contributed by atoms with E-state index in [4.69, 9.17) is 17.3 Å². The number of sulfone groups is 1. The van der Waals surface area contributed by atoms with Crippen molar-refractivity contribution in [1.82, 2.24) is 0 Å². The Balaban J connectivity index is 2.28. The Labute approximate surface area is 113 Å². The van der Waals surface area contributed by atoms with E-state index in [2.05, 4.69) is 4.90 Å². The molecule has 0 spiro atoms. The van der Waals surface area contributed by atoms with Crippen molar-refractivity contribution in [2.45, 2.75) is 13.0 Å². The molecule has 100 valence electrons. The van der Waals surface area contributed by atoms with E-state index in [1.807, 2.05) is 18.2 Å². The van der Waals surface area contributed by atoms with Gasteiger partial charge in [-0.05, 0) is 24.1 Å². The molecule has 4 nitrogen and oxygen atoms in total. The van der Waals surface area contributed by atoms with Gasteiger partial charge in [0.05, 0.1) is 11.5 Å². The zero-order valence-corrected chi connectivity index (χ0v) is 11.7. The summed E-state index contributed by atoms with van der Waals surface area (Å²) in [7, 11) is -2.90. The number of hydrogen-bond acceptors (Lipinski definition) is 4. The Kier molecular flexibility index (Phi) is 4.14. The SMILES string of the molecule is NCc1ccc(Cl)cc1N1CCCS(=O)(=O)CC1. The Morgan fingerprint density at radius 1 is 1.28 bits per heavy atom. The maximum atomic E-state index is 11.6. The first kappa shape index (κ1) is 13.6. The molecule has 0 bridgehead atoms. The third-order valence-electron chi connectivity index (χ3n) is 3.16. The highest BCUT2D eigenvalue weighted by molar-refractivity contribution is 7.91. The fourth-order valence-corrected chi connectivity index (χ4v) is 3.62. The van der Waals surface area contributed by atoms with Gasteiger partial charge >= 0.3 is 0 Å². The van der Waals surface area contributed by atoms with Crippen LogP contribution >= 0.6 is 11.6 Å². The highest BCUT2D eigenvalue weighted by Gasteiger charge is 2.20. The highest BCUT2D eigenvalue weighted by atomic mass is 35.5. The summed E-state index contributed by atoms with van der Waals surface area (Å²) in [5, 5.41) is 0.648. The van der Waals surface area contributed by atoms with E-state index >= 15 is 0 Å². The molecule has 0 radical (unpaired) electrons. The van der Waals surface area contributed by atoms with Gasteiger partial charge in [-0.25, -0.2) is 8.42 Å². The number of halogens is 1. The largest absolute Gasteiger partial charge is 0.370 e. The lowest BCUT2D eigenvalue weighted by Gasteiger charge is -2.25. The molecule has 1 saturated heterocycles. The van der Waals surface area contributed by atoms with Crippen LogP contribution in [0.4, 0.5) is 5.69 Å². The van der Waals surface area contributed by atoms with Crippen LogP contribution in [0.5, 0.6) is 0 Å². The fourth-order valence-electron chi connectivity index (χ4n) is 2.18. The fraction of sp³-hybridized carbons (Fsp3) is 0.500. The van der Waals surface area contributed by atoms with Crippen LogP contribution in [0.1, 0.15) is 12.0 Å². The summed E-state index contributed by atoms with van der Waals surface area (Å²) < 4.78 is 23.2. The van der Waals surface area contributed by atoms with Gasteiger partial charge in [0, 0.05) is 30.3 Å². The predicted molar refractivity (Wildman–Crippen MR) is 74.8 cm³/mol. The quantitative estimate of drug-likeness (QED) is 0.894. The van der Waals surface area contributed by atoms with Crippen molar-refractivity contribution < 1.29 is 8.42 Å². The lowest BCUT2D eigenvalue weighted by molar-refractivity contribution is 0.597. The van der Waals surface area contributed by atoms with Crippen LogP contribution in [0.25, 0.3) is 0 Å². The first-order valence-corrected chi connectivity index (χ1v) is 8.15. The second-order valence-electron chi connectivity index (χ2n) is 4.47. The topological polar surface area (TPSA) is 63.4 Å². The van der Waals surface area contributed by atoms with Crippen molar-refractivity contribution in [3.63, 3.8) is 0 Å². The predicted octanol–water partition coefficient (Wildman–Crippen LogP) is 1.42. The van der Waals surface area contributed by atoms with Gasteiger partial charge < -0.3 is 10.6 Å². The van der Waals surface area contributed by atoms with E-state index in [0.29, 0.717) is 24.5 Å². The molecule has 2 rings (SSSR count). The number of hydrogen-bond donors (Lipinski definition) is 1. The molecular weight excluding hydrogens is 272 g/mol. The minimum Gasteiger partial charge on any atom is -0.370 e. The Morgan fingerprint density at radius 3 is 2.78 bits per heavy atom. The molecule has 1 fully saturated rings. The molecule has 1 heterocycles. The lowest BCUT2D eigenvalue weighted by atomic mass is 10.1.